The van der Waals surface area contributed by atoms with Gasteiger partial charge in [0.05, 0.1) is 26.8 Å². The maximum absolute atomic E-state index is 8.89. The van der Waals surface area contributed by atoms with E-state index in [1.54, 1.807) is 7.11 Å². The zero-order chi connectivity index (χ0) is 20.0. The third-order valence-electron chi connectivity index (χ3n) is 3.75. The summed E-state index contributed by atoms with van der Waals surface area (Å²) in [4.78, 5) is 4.60. The molecule has 0 aliphatic rings. The number of hydrogen-bond donors (Lipinski definition) is 3. The number of guanidine groups is 1. The smallest absolute Gasteiger partial charge is 0.191 e. The topological polar surface area (TPSA) is 84.3 Å². The van der Waals surface area contributed by atoms with Crippen molar-refractivity contribution in [1.29, 1.82) is 0 Å². The average molecular weight is 515 g/mol. The molecule has 2 aromatic carbocycles. The van der Waals surface area contributed by atoms with Gasteiger partial charge in [0, 0.05) is 6.54 Å². The van der Waals surface area contributed by atoms with Gasteiger partial charge in [0.1, 0.15) is 19.0 Å². The molecule has 0 aliphatic carbocycles. The summed E-state index contributed by atoms with van der Waals surface area (Å²) >= 11 is 0. The van der Waals surface area contributed by atoms with E-state index in [1.165, 1.54) is 0 Å². The molecule has 0 fully saturated rings. The van der Waals surface area contributed by atoms with E-state index in [1.807, 2.05) is 55.5 Å². The quantitative estimate of drug-likeness (QED) is 0.185. The fourth-order valence-electron chi connectivity index (χ4n) is 2.45. The van der Waals surface area contributed by atoms with Crippen molar-refractivity contribution in [2.45, 2.75) is 13.5 Å². The number of ether oxygens (including phenoxy) is 3. The molecule has 0 saturated carbocycles. The van der Waals surface area contributed by atoms with Gasteiger partial charge < -0.3 is 30.0 Å². The molecule has 0 heterocycles. The van der Waals surface area contributed by atoms with Crippen LogP contribution in [0, 0.1) is 0 Å². The minimum Gasteiger partial charge on any atom is -0.493 e. The highest BCUT2D eigenvalue weighted by Crippen LogP contribution is 2.28. The maximum Gasteiger partial charge on any atom is 0.191 e. The van der Waals surface area contributed by atoms with E-state index < -0.39 is 0 Å². The monoisotopic (exact) mass is 515 g/mol. The van der Waals surface area contributed by atoms with Crippen molar-refractivity contribution >= 4 is 29.9 Å². The molecule has 2 rings (SSSR count). The van der Waals surface area contributed by atoms with Crippen molar-refractivity contribution < 1.29 is 19.3 Å². The van der Waals surface area contributed by atoms with Gasteiger partial charge in [-0.1, -0.05) is 24.3 Å². The number of hydrogen-bond acceptors (Lipinski definition) is 5. The molecule has 8 heteroatoms. The van der Waals surface area contributed by atoms with Gasteiger partial charge in [-0.2, -0.15) is 0 Å². The third-order valence-corrected chi connectivity index (χ3v) is 3.75. The van der Waals surface area contributed by atoms with Crippen molar-refractivity contribution in [3.8, 4) is 17.2 Å². The lowest BCUT2D eigenvalue weighted by atomic mass is 10.2. The van der Waals surface area contributed by atoms with Crippen LogP contribution in [0.25, 0.3) is 0 Å². The molecule has 29 heavy (non-hydrogen) atoms. The van der Waals surface area contributed by atoms with Gasteiger partial charge >= 0.3 is 0 Å². The van der Waals surface area contributed by atoms with Crippen LogP contribution in [-0.4, -0.2) is 51.1 Å². The van der Waals surface area contributed by atoms with Crippen molar-refractivity contribution in [1.82, 2.24) is 10.6 Å². The Kier molecular flexibility index (Phi) is 12.6. The molecule has 3 N–H and O–H groups in total. The van der Waals surface area contributed by atoms with Crippen LogP contribution in [0.2, 0.25) is 0 Å². The average Bonchev–Trinajstić information content (AvgIpc) is 2.74. The molecule has 0 aromatic heterocycles. The van der Waals surface area contributed by atoms with Crippen molar-refractivity contribution in [3.05, 3.63) is 54.1 Å². The van der Waals surface area contributed by atoms with E-state index in [0.29, 0.717) is 31.2 Å². The Bertz CT molecular complexity index is 729. The maximum atomic E-state index is 8.89. The first-order chi connectivity index (χ1) is 13.8. The van der Waals surface area contributed by atoms with Crippen LogP contribution in [0.4, 0.5) is 0 Å². The number of rotatable bonds is 11. The van der Waals surface area contributed by atoms with Crippen LogP contribution < -0.4 is 24.8 Å². The molecule has 0 spiro atoms. The number of para-hydroxylation sites is 1. The molecule has 0 unspecified atom stereocenters. The highest BCUT2D eigenvalue weighted by atomic mass is 127. The molecule has 0 bridgehead atoms. The van der Waals surface area contributed by atoms with Gasteiger partial charge in [-0.25, -0.2) is 4.99 Å². The largest absolute Gasteiger partial charge is 0.493 e. The number of aliphatic hydroxyl groups excluding tert-OH is 1. The second kappa shape index (κ2) is 14.7. The van der Waals surface area contributed by atoms with Crippen molar-refractivity contribution in [2.24, 2.45) is 4.99 Å². The van der Waals surface area contributed by atoms with Gasteiger partial charge in [-0.15, -0.1) is 24.0 Å². The second-order valence-corrected chi connectivity index (χ2v) is 5.84. The summed E-state index contributed by atoms with van der Waals surface area (Å²) < 4.78 is 16.5. The zero-order valence-corrected chi connectivity index (χ0v) is 19.2. The van der Waals surface area contributed by atoms with Crippen LogP contribution in [0.1, 0.15) is 12.5 Å². The fourth-order valence-corrected chi connectivity index (χ4v) is 2.45. The molecule has 0 amide bonds. The van der Waals surface area contributed by atoms with Crippen molar-refractivity contribution in [3.63, 3.8) is 0 Å². The molecule has 0 atom stereocenters. The summed E-state index contributed by atoms with van der Waals surface area (Å²) in [5, 5.41) is 15.4. The summed E-state index contributed by atoms with van der Waals surface area (Å²) in [5.74, 6) is 2.79. The first-order valence-corrected chi connectivity index (χ1v) is 9.37. The second-order valence-electron chi connectivity index (χ2n) is 5.84. The summed E-state index contributed by atoms with van der Waals surface area (Å²) in [6, 6.07) is 15.4. The Morgan fingerprint density at radius 1 is 1.00 bits per heavy atom. The first-order valence-electron chi connectivity index (χ1n) is 9.37. The fraction of sp³-hybridized carbons (Fsp3) is 0.381. The number of benzene rings is 2. The highest BCUT2D eigenvalue weighted by molar-refractivity contribution is 14.0. The SMILES string of the molecule is CCNC(=NCc1ccc(OCCO)c(OC)c1)NCCOc1ccccc1.I. The molecular weight excluding hydrogens is 485 g/mol. The summed E-state index contributed by atoms with van der Waals surface area (Å²) in [5.41, 5.74) is 0.992. The minimum absolute atomic E-state index is 0. The number of aliphatic hydroxyl groups is 1. The van der Waals surface area contributed by atoms with E-state index in [-0.39, 0.29) is 37.2 Å². The highest BCUT2D eigenvalue weighted by Gasteiger charge is 2.06. The van der Waals surface area contributed by atoms with Gasteiger partial charge in [-0.3, -0.25) is 0 Å². The van der Waals surface area contributed by atoms with Crippen molar-refractivity contribution in [2.75, 3.05) is 40.0 Å². The van der Waals surface area contributed by atoms with Gasteiger partial charge in [0.15, 0.2) is 17.5 Å². The molecule has 0 saturated heterocycles. The zero-order valence-electron chi connectivity index (χ0n) is 16.9. The van der Waals surface area contributed by atoms with E-state index >= 15 is 0 Å². The van der Waals surface area contributed by atoms with Crippen LogP contribution in [0.15, 0.2) is 53.5 Å². The van der Waals surface area contributed by atoms with Gasteiger partial charge in [0.2, 0.25) is 0 Å². The summed E-state index contributed by atoms with van der Waals surface area (Å²) in [6.07, 6.45) is 0. The predicted octanol–water partition coefficient (Wildman–Crippen LogP) is 2.82. The standard InChI is InChI=1S/C21H29N3O4.HI/c1-3-22-21(23-11-13-27-18-7-5-4-6-8-18)24-16-17-9-10-19(28-14-12-25)20(15-17)26-2;/h4-10,15,25H,3,11-14,16H2,1-2H3,(H2,22,23,24);1H. The Morgan fingerprint density at radius 3 is 2.48 bits per heavy atom. The Labute approximate surface area is 189 Å². The lowest BCUT2D eigenvalue weighted by Crippen LogP contribution is -2.39. The van der Waals surface area contributed by atoms with E-state index in [0.717, 1.165) is 23.8 Å². The van der Waals surface area contributed by atoms with Gasteiger partial charge in [0.25, 0.3) is 0 Å². The first kappa shape index (κ1) is 24.8. The number of aliphatic imine (C=N–C) groups is 1. The lowest BCUT2D eigenvalue weighted by Gasteiger charge is -2.13. The summed E-state index contributed by atoms with van der Waals surface area (Å²) in [7, 11) is 1.59. The Hall–Kier alpha value is -2.20. The van der Waals surface area contributed by atoms with Gasteiger partial charge in [-0.05, 0) is 36.8 Å². The molecule has 0 radical (unpaired) electrons. The van der Waals surface area contributed by atoms with E-state index in [4.69, 9.17) is 19.3 Å². The van der Waals surface area contributed by atoms with Crippen LogP contribution in [0.5, 0.6) is 17.2 Å². The number of nitrogens with one attached hydrogen (secondary N) is 2. The minimum atomic E-state index is -0.0408. The molecule has 0 aliphatic heterocycles. The Morgan fingerprint density at radius 2 is 1.79 bits per heavy atom. The predicted molar refractivity (Wildman–Crippen MR) is 126 cm³/mol. The van der Waals surface area contributed by atoms with E-state index in [2.05, 4.69) is 15.6 Å². The summed E-state index contributed by atoms with van der Waals surface area (Å²) in [6.45, 7) is 4.65. The third kappa shape index (κ3) is 9.23. The molecule has 7 nitrogen and oxygen atoms in total. The lowest BCUT2D eigenvalue weighted by molar-refractivity contribution is 0.196. The van der Waals surface area contributed by atoms with Crippen LogP contribution >= 0.6 is 24.0 Å². The normalized spacial score (nSPS) is 10.7. The molecule has 2 aromatic rings. The van der Waals surface area contributed by atoms with Crippen LogP contribution in [-0.2, 0) is 6.54 Å². The number of methoxy groups -OCH3 is 1. The number of halogens is 1. The number of nitrogens with zero attached hydrogens (tertiary/aromatic N) is 1. The molecular formula is C21H30IN3O4. The Balaban J connectivity index is 0.00000420. The molecule has 160 valence electrons. The van der Waals surface area contributed by atoms with Crippen LogP contribution in [0.3, 0.4) is 0 Å². The van der Waals surface area contributed by atoms with E-state index in [9.17, 15) is 0 Å².